The van der Waals surface area contributed by atoms with Crippen LogP contribution in [0.2, 0.25) is 0 Å². The van der Waals surface area contributed by atoms with Crippen LogP contribution in [0.4, 0.5) is 11.4 Å². The van der Waals surface area contributed by atoms with Gasteiger partial charge in [0.25, 0.3) is 0 Å². The van der Waals surface area contributed by atoms with Crippen LogP contribution in [0, 0.1) is 6.92 Å². The summed E-state index contributed by atoms with van der Waals surface area (Å²) in [5.74, 6) is 0. The Balaban J connectivity index is 2.26. The molecule has 1 heterocycles. The molecule has 1 N–H and O–H groups in total. The summed E-state index contributed by atoms with van der Waals surface area (Å²) in [5.41, 5.74) is 3.85. The number of benzene rings is 1. The Morgan fingerprint density at radius 1 is 1.27 bits per heavy atom. The predicted octanol–water partition coefficient (Wildman–Crippen LogP) is 1.87. The van der Waals surface area contributed by atoms with Crippen LogP contribution < -0.4 is 10.2 Å². The minimum atomic E-state index is 0.837. The van der Waals surface area contributed by atoms with E-state index in [1.54, 1.807) is 0 Å². The molecule has 0 aromatic heterocycles. The predicted molar refractivity (Wildman–Crippen MR) is 63.8 cm³/mol. The monoisotopic (exact) mass is 206 g/mol. The maximum Gasteiger partial charge on any atom is 0.0642 e. The van der Waals surface area contributed by atoms with E-state index in [4.69, 9.17) is 4.74 Å². The van der Waals surface area contributed by atoms with Crippen molar-refractivity contribution in [3.63, 3.8) is 0 Å². The first-order chi connectivity index (χ1) is 7.33. The Morgan fingerprint density at radius 2 is 2.00 bits per heavy atom. The van der Waals surface area contributed by atoms with Crippen molar-refractivity contribution < 1.29 is 4.74 Å². The summed E-state index contributed by atoms with van der Waals surface area (Å²) < 4.78 is 5.36. The molecule has 1 aromatic rings. The molecule has 1 saturated heterocycles. The molecule has 0 aliphatic carbocycles. The minimum Gasteiger partial charge on any atom is -0.388 e. The molecule has 1 aliphatic heterocycles. The average molecular weight is 206 g/mol. The molecule has 3 nitrogen and oxygen atoms in total. The van der Waals surface area contributed by atoms with E-state index in [9.17, 15) is 0 Å². The molecule has 0 atom stereocenters. The van der Waals surface area contributed by atoms with E-state index in [-0.39, 0.29) is 0 Å². The van der Waals surface area contributed by atoms with E-state index in [0.29, 0.717) is 0 Å². The maximum atomic E-state index is 5.36. The summed E-state index contributed by atoms with van der Waals surface area (Å²) in [7, 11) is 1.96. The highest BCUT2D eigenvalue weighted by molar-refractivity contribution is 5.66. The summed E-state index contributed by atoms with van der Waals surface area (Å²) in [4.78, 5) is 2.39. The summed E-state index contributed by atoms with van der Waals surface area (Å²) >= 11 is 0. The topological polar surface area (TPSA) is 24.5 Å². The molecule has 0 radical (unpaired) electrons. The third kappa shape index (κ3) is 2.07. The van der Waals surface area contributed by atoms with E-state index >= 15 is 0 Å². The summed E-state index contributed by atoms with van der Waals surface area (Å²) in [6.07, 6.45) is 0. The lowest BCUT2D eigenvalue weighted by Crippen LogP contribution is -2.36. The fourth-order valence-electron chi connectivity index (χ4n) is 2.04. The van der Waals surface area contributed by atoms with Crippen molar-refractivity contribution in [2.45, 2.75) is 6.92 Å². The Labute approximate surface area is 91.0 Å². The van der Waals surface area contributed by atoms with Crippen LogP contribution in [0.3, 0.4) is 0 Å². The van der Waals surface area contributed by atoms with Gasteiger partial charge in [0.1, 0.15) is 0 Å². The van der Waals surface area contributed by atoms with Gasteiger partial charge in [0.15, 0.2) is 0 Å². The first-order valence-electron chi connectivity index (χ1n) is 5.43. The molecular weight excluding hydrogens is 188 g/mol. The second-order valence-electron chi connectivity index (χ2n) is 3.80. The van der Waals surface area contributed by atoms with Gasteiger partial charge in [0.2, 0.25) is 0 Å². The molecular formula is C12H18N2O. The fourth-order valence-corrected chi connectivity index (χ4v) is 2.04. The molecule has 0 bridgehead atoms. The highest BCUT2D eigenvalue weighted by Crippen LogP contribution is 2.26. The van der Waals surface area contributed by atoms with Crippen molar-refractivity contribution in [3.05, 3.63) is 23.8 Å². The van der Waals surface area contributed by atoms with E-state index < -0.39 is 0 Å². The van der Waals surface area contributed by atoms with Crippen molar-refractivity contribution >= 4 is 11.4 Å². The Kier molecular flexibility index (Phi) is 3.11. The van der Waals surface area contributed by atoms with Gasteiger partial charge in [-0.2, -0.15) is 0 Å². The number of ether oxygens (including phenoxy) is 1. The van der Waals surface area contributed by atoms with E-state index in [1.165, 1.54) is 16.9 Å². The summed E-state index contributed by atoms with van der Waals surface area (Å²) in [5, 5.41) is 3.22. The minimum absolute atomic E-state index is 0.837. The maximum absolute atomic E-state index is 5.36. The van der Waals surface area contributed by atoms with Crippen LogP contribution in [0.1, 0.15) is 5.56 Å². The number of nitrogens with one attached hydrogen (secondary N) is 1. The molecule has 0 amide bonds. The lowest BCUT2D eigenvalue weighted by molar-refractivity contribution is 0.122. The van der Waals surface area contributed by atoms with Gasteiger partial charge in [-0.25, -0.2) is 0 Å². The summed E-state index contributed by atoms with van der Waals surface area (Å²) in [6, 6.07) is 6.39. The highest BCUT2D eigenvalue weighted by Gasteiger charge is 2.13. The molecule has 1 aliphatic rings. The fraction of sp³-hybridized carbons (Fsp3) is 0.500. The molecule has 1 fully saturated rings. The zero-order valence-electron chi connectivity index (χ0n) is 9.42. The van der Waals surface area contributed by atoms with Gasteiger partial charge in [-0.1, -0.05) is 6.07 Å². The second kappa shape index (κ2) is 4.53. The van der Waals surface area contributed by atoms with Crippen LogP contribution in [0.15, 0.2) is 18.2 Å². The Morgan fingerprint density at radius 3 is 2.67 bits per heavy atom. The van der Waals surface area contributed by atoms with Crippen LogP contribution in [-0.2, 0) is 4.74 Å². The number of morpholine rings is 1. The van der Waals surface area contributed by atoms with Crippen LogP contribution in [0.25, 0.3) is 0 Å². The van der Waals surface area contributed by atoms with Crippen molar-refractivity contribution in [2.24, 2.45) is 0 Å². The standard InChI is InChI=1S/C12H18N2O/c1-10-11(13-2)4-3-5-12(10)14-6-8-15-9-7-14/h3-5,13H,6-9H2,1-2H3. The SMILES string of the molecule is CNc1cccc(N2CCOCC2)c1C. The number of rotatable bonds is 2. The zero-order chi connectivity index (χ0) is 10.7. The molecule has 2 rings (SSSR count). The molecule has 3 heteroatoms. The smallest absolute Gasteiger partial charge is 0.0642 e. The third-order valence-electron chi connectivity index (χ3n) is 2.93. The lowest BCUT2D eigenvalue weighted by Gasteiger charge is -2.30. The number of hydrogen-bond donors (Lipinski definition) is 1. The van der Waals surface area contributed by atoms with Crippen molar-refractivity contribution in [3.8, 4) is 0 Å². The van der Waals surface area contributed by atoms with Gasteiger partial charge in [-0.3, -0.25) is 0 Å². The van der Waals surface area contributed by atoms with E-state index in [2.05, 4.69) is 35.3 Å². The highest BCUT2D eigenvalue weighted by atomic mass is 16.5. The Bertz CT molecular complexity index is 332. The zero-order valence-corrected chi connectivity index (χ0v) is 9.42. The molecule has 0 saturated carbocycles. The third-order valence-corrected chi connectivity index (χ3v) is 2.93. The first kappa shape index (κ1) is 10.3. The quantitative estimate of drug-likeness (QED) is 0.799. The van der Waals surface area contributed by atoms with E-state index in [0.717, 1.165) is 26.3 Å². The van der Waals surface area contributed by atoms with Gasteiger partial charge < -0.3 is 15.0 Å². The second-order valence-corrected chi connectivity index (χ2v) is 3.80. The molecule has 1 aromatic carbocycles. The molecule has 0 unspecified atom stereocenters. The van der Waals surface area contributed by atoms with Crippen LogP contribution in [-0.4, -0.2) is 33.4 Å². The van der Waals surface area contributed by atoms with Gasteiger partial charge in [-0.15, -0.1) is 0 Å². The van der Waals surface area contributed by atoms with Gasteiger partial charge in [0.05, 0.1) is 13.2 Å². The van der Waals surface area contributed by atoms with E-state index in [1.807, 2.05) is 7.05 Å². The van der Waals surface area contributed by atoms with Crippen LogP contribution >= 0.6 is 0 Å². The molecule has 82 valence electrons. The van der Waals surface area contributed by atoms with Crippen molar-refractivity contribution in [2.75, 3.05) is 43.6 Å². The van der Waals surface area contributed by atoms with Gasteiger partial charge in [0, 0.05) is 31.5 Å². The largest absolute Gasteiger partial charge is 0.388 e. The average Bonchev–Trinajstić information content (AvgIpc) is 2.30. The Hall–Kier alpha value is -1.22. The van der Waals surface area contributed by atoms with Crippen LogP contribution in [0.5, 0.6) is 0 Å². The molecule has 15 heavy (non-hydrogen) atoms. The lowest BCUT2D eigenvalue weighted by atomic mass is 10.1. The molecule has 0 spiro atoms. The van der Waals surface area contributed by atoms with Crippen molar-refractivity contribution in [1.82, 2.24) is 0 Å². The first-order valence-corrected chi connectivity index (χ1v) is 5.43. The summed E-state index contributed by atoms with van der Waals surface area (Å²) in [6.45, 7) is 5.82. The normalized spacial score (nSPS) is 16.5. The van der Waals surface area contributed by atoms with Gasteiger partial charge in [-0.05, 0) is 24.6 Å². The van der Waals surface area contributed by atoms with Crippen molar-refractivity contribution in [1.29, 1.82) is 0 Å². The number of nitrogens with zero attached hydrogens (tertiary/aromatic N) is 1. The number of hydrogen-bond acceptors (Lipinski definition) is 3. The number of anilines is 2. The van der Waals surface area contributed by atoms with Gasteiger partial charge >= 0.3 is 0 Å².